The quantitative estimate of drug-likeness (QED) is 0.536. The Bertz CT molecular complexity index is 1160. The molecule has 1 amide bonds. The molecular formula is C27H34N4O2. The largest absolute Gasteiger partial charge is 0.368 e. The fourth-order valence-electron chi connectivity index (χ4n) is 5.02. The SMILES string of the molecule is CC(C)C(NCc1nc2ccccc2c(=O)n1CC(N)=O)c1ccc(C2CCCCC2)cc1. The van der Waals surface area contributed by atoms with Crippen LogP contribution < -0.4 is 16.6 Å². The molecule has 1 aliphatic rings. The summed E-state index contributed by atoms with van der Waals surface area (Å²) in [5.74, 6) is 0.974. The maximum atomic E-state index is 13.0. The van der Waals surface area contributed by atoms with E-state index in [1.807, 2.05) is 12.1 Å². The molecule has 0 bridgehead atoms. The van der Waals surface area contributed by atoms with Crippen LogP contribution in [0.25, 0.3) is 10.9 Å². The molecule has 33 heavy (non-hydrogen) atoms. The van der Waals surface area contributed by atoms with E-state index in [2.05, 4.69) is 48.4 Å². The highest BCUT2D eigenvalue weighted by molar-refractivity contribution is 5.78. The summed E-state index contributed by atoms with van der Waals surface area (Å²) in [6.07, 6.45) is 6.59. The zero-order chi connectivity index (χ0) is 23.4. The van der Waals surface area contributed by atoms with Gasteiger partial charge in [0.15, 0.2) is 0 Å². The van der Waals surface area contributed by atoms with Gasteiger partial charge in [-0.1, -0.05) is 69.5 Å². The Morgan fingerprint density at radius 1 is 1.09 bits per heavy atom. The Kier molecular flexibility index (Phi) is 7.23. The summed E-state index contributed by atoms with van der Waals surface area (Å²) in [4.78, 5) is 29.3. The highest BCUT2D eigenvalue weighted by Crippen LogP contribution is 2.33. The number of para-hydroxylation sites is 1. The molecule has 1 heterocycles. The van der Waals surface area contributed by atoms with Crippen LogP contribution in [0, 0.1) is 5.92 Å². The van der Waals surface area contributed by atoms with Crippen LogP contribution in [-0.2, 0) is 17.9 Å². The third-order valence-corrected chi connectivity index (χ3v) is 6.77. The van der Waals surface area contributed by atoms with Gasteiger partial charge in [-0.2, -0.15) is 0 Å². The molecule has 0 spiro atoms. The number of hydrogen-bond donors (Lipinski definition) is 2. The molecule has 2 aromatic carbocycles. The number of carbonyl (C=O) groups is 1. The topological polar surface area (TPSA) is 90.0 Å². The predicted octanol–water partition coefficient (Wildman–Crippen LogP) is 4.42. The first-order valence-corrected chi connectivity index (χ1v) is 12.0. The van der Waals surface area contributed by atoms with Gasteiger partial charge in [-0.25, -0.2) is 4.98 Å². The van der Waals surface area contributed by atoms with Crippen LogP contribution in [-0.4, -0.2) is 15.5 Å². The first-order valence-electron chi connectivity index (χ1n) is 12.0. The molecule has 1 atom stereocenters. The van der Waals surface area contributed by atoms with E-state index >= 15 is 0 Å². The van der Waals surface area contributed by atoms with Gasteiger partial charge in [0, 0.05) is 6.04 Å². The van der Waals surface area contributed by atoms with Gasteiger partial charge < -0.3 is 11.1 Å². The molecule has 1 aliphatic carbocycles. The van der Waals surface area contributed by atoms with E-state index < -0.39 is 5.91 Å². The van der Waals surface area contributed by atoms with E-state index in [4.69, 9.17) is 5.73 Å². The molecule has 1 fully saturated rings. The summed E-state index contributed by atoms with van der Waals surface area (Å²) in [5, 5.41) is 4.07. The number of nitrogens with zero attached hydrogens (tertiary/aromatic N) is 2. The van der Waals surface area contributed by atoms with Gasteiger partial charge in [0.25, 0.3) is 5.56 Å². The summed E-state index contributed by atoms with van der Waals surface area (Å²) in [5.41, 5.74) is 8.47. The highest BCUT2D eigenvalue weighted by Gasteiger charge is 2.20. The van der Waals surface area contributed by atoms with Crippen LogP contribution in [0.15, 0.2) is 53.3 Å². The van der Waals surface area contributed by atoms with Crippen molar-refractivity contribution in [2.45, 2.75) is 71.0 Å². The second-order valence-corrected chi connectivity index (χ2v) is 9.51. The van der Waals surface area contributed by atoms with Crippen LogP contribution in [0.2, 0.25) is 0 Å². The maximum absolute atomic E-state index is 13.0. The number of rotatable bonds is 8. The Labute approximate surface area is 195 Å². The second kappa shape index (κ2) is 10.3. The van der Waals surface area contributed by atoms with Crippen molar-refractivity contribution in [3.05, 3.63) is 75.8 Å². The van der Waals surface area contributed by atoms with Gasteiger partial charge >= 0.3 is 0 Å². The normalized spacial score (nSPS) is 15.7. The Morgan fingerprint density at radius 3 is 2.45 bits per heavy atom. The summed E-state index contributed by atoms with van der Waals surface area (Å²) in [7, 11) is 0. The number of amides is 1. The van der Waals surface area contributed by atoms with Crippen molar-refractivity contribution in [3.8, 4) is 0 Å². The third kappa shape index (κ3) is 5.33. The molecule has 0 aliphatic heterocycles. The molecule has 3 aromatic rings. The molecule has 4 rings (SSSR count). The molecule has 3 N–H and O–H groups in total. The first-order chi connectivity index (χ1) is 15.9. The van der Waals surface area contributed by atoms with Gasteiger partial charge in [0.1, 0.15) is 12.4 Å². The van der Waals surface area contributed by atoms with Crippen molar-refractivity contribution in [1.82, 2.24) is 14.9 Å². The minimum absolute atomic E-state index is 0.0933. The van der Waals surface area contributed by atoms with Gasteiger partial charge in [-0.05, 0) is 47.9 Å². The van der Waals surface area contributed by atoms with E-state index in [9.17, 15) is 9.59 Å². The minimum Gasteiger partial charge on any atom is -0.368 e. The zero-order valence-corrected chi connectivity index (χ0v) is 19.6. The van der Waals surface area contributed by atoms with Gasteiger partial charge in [0.2, 0.25) is 5.91 Å². The monoisotopic (exact) mass is 446 g/mol. The van der Waals surface area contributed by atoms with Gasteiger partial charge in [0.05, 0.1) is 17.4 Å². The molecule has 6 heteroatoms. The molecule has 1 saturated carbocycles. The van der Waals surface area contributed by atoms with Crippen LogP contribution in [0.3, 0.4) is 0 Å². The van der Waals surface area contributed by atoms with E-state index in [1.165, 1.54) is 47.8 Å². The summed E-state index contributed by atoms with van der Waals surface area (Å²) in [6.45, 7) is 4.53. The second-order valence-electron chi connectivity index (χ2n) is 9.51. The lowest BCUT2D eigenvalue weighted by Crippen LogP contribution is -2.34. The number of nitrogens with two attached hydrogens (primary N) is 1. The number of primary amides is 1. The van der Waals surface area contributed by atoms with Crippen LogP contribution in [0.1, 0.15) is 74.9 Å². The van der Waals surface area contributed by atoms with Crippen molar-refractivity contribution in [2.75, 3.05) is 0 Å². The van der Waals surface area contributed by atoms with Crippen LogP contribution in [0.4, 0.5) is 0 Å². The van der Waals surface area contributed by atoms with Crippen molar-refractivity contribution >= 4 is 16.8 Å². The van der Waals surface area contributed by atoms with Crippen molar-refractivity contribution in [3.63, 3.8) is 0 Å². The summed E-state index contributed by atoms with van der Waals surface area (Å²) >= 11 is 0. The van der Waals surface area contributed by atoms with Crippen molar-refractivity contribution < 1.29 is 4.79 Å². The Balaban J connectivity index is 1.58. The van der Waals surface area contributed by atoms with E-state index in [1.54, 1.807) is 12.1 Å². The lowest BCUT2D eigenvalue weighted by molar-refractivity contribution is -0.118. The molecule has 1 aromatic heterocycles. The number of aromatic nitrogens is 2. The average molecular weight is 447 g/mol. The van der Waals surface area contributed by atoms with Crippen LogP contribution in [0.5, 0.6) is 0 Å². The molecule has 174 valence electrons. The van der Waals surface area contributed by atoms with Gasteiger partial charge in [-0.15, -0.1) is 0 Å². The molecule has 6 nitrogen and oxygen atoms in total. The minimum atomic E-state index is -0.561. The maximum Gasteiger partial charge on any atom is 0.261 e. The van der Waals surface area contributed by atoms with Crippen molar-refractivity contribution in [2.24, 2.45) is 11.7 Å². The van der Waals surface area contributed by atoms with E-state index in [-0.39, 0.29) is 18.1 Å². The Hall–Kier alpha value is -2.99. The van der Waals surface area contributed by atoms with E-state index in [0.29, 0.717) is 35.1 Å². The standard InChI is InChI=1S/C27H34N4O2/c1-18(2)26(21-14-12-20(13-15-21)19-8-4-3-5-9-19)29-16-25-30-23-11-7-6-10-22(23)27(33)31(25)17-24(28)32/h6-7,10-15,18-19,26,29H,3-5,8-9,16-17H2,1-2H3,(H2,28,32). The molecular weight excluding hydrogens is 412 g/mol. The number of benzene rings is 2. The molecule has 0 radical (unpaired) electrons. The number of hydrogen-bond acceptors (Lipinski definition) is 4. The Morgan fingerprint density at radius 2 is 1.79 bits per heavy atom. The number of nitrogens with one attached hydrogen (secondary N) is 1. The third-order valence-electron chi connectivity index (χ3n) is 6.77. The highest BCUT2D eigenvalue weighted by atomic mass is 16.2. The fourth-order valence-corrected chi connectivity index (χ4v) is 5.02. The first kappa shape index (κ1) is 23.2. The number of fused-ring (bicyclic) bond motifs is 1. The predicted molar refractivity (Wildman–Crippen MR) is 132 cm³/mol. The van der Waals surface area contributed by atoms with Crippen LogP contribution >= 0.6 is 0 Å². The lowest BCUT2D eigenvalue weighted by Gasteiger charge is -2.25. The summed E-state index contributed by atoms with van der Waals surface area (Å²) in [6, 6.07) is 16.3. The van der Waals surface area contributed by atoms with Gasteiger partial charge in [-0.3, -0.25) is 14.2 Å². The van der Waals surface area contributed by atoms with Crippen molar-refractivity contribution in [1.29, 1.82) is 0 Å². The summed E-state index contributed by atoms with van der Waals surface area (Å²) < 4.78 is 1.39. The zero-order valence-electron chi connectivity index (χ0n) is 19.6. The number of carbonyl (C=O) groups excluding carboxylic acids is 1. The fraction of sp³-hybridized carbons (Fsp3) is 0.444. The average Bonchev–Trinajstić information content (AvgIpc) is 2.82. The molecule has 1 unspecified atom stereocenters. The lowest BCUT2D eigenvalue weighted by atomic mass is 9.83. The smallest absolute Gasteiger partial charge is 0.261 e. The molecule has 0 saturated heterocycles. The van der Waals surface area contributed by atoms with E-state index in [0.717, 1.165) is 0 Å².